The van der Waals surface area contributed by atoms with Gasteiger partial charge in [0, 0.05) is 96.8 Å². The van der Waals surface area contributed by atoms with E-state index in [1.165, 1.54) is 5.56 Å². The molecular formula is C48H55F2N7O6. The van der Waals surface area contributed by atoms with Crippen LogP contribution >= 0.6 is 0 Å². The zero-order valence-corrected chi connectivity index (χ0v) is 35.9. The van der Waals surface area contributed by atoms with Gasteiger partial charge in [0.2, 0.25) is 11.8 Å². The number of carbonyl (C=O) groups excluding carboxylic acids is 3. The molecule has 0 bridgehead atoms. The number of methoxy groups -OCH3 is 1. The molecule has 15 heteroatoms. The number of benzene rings is 3. The lowest BCUT2D eigenvalue weighted by Crippen LogP contribution is -2.58. The minimum absolute atomic E-state index is 0.0739. The Morgan fingerprint density at radius 3 is 2.62 bits per heavy atom. The van der Waals surface area contributed by atoms with E-state index in [4.69, 9.17) is 14.2 Å². The summed E-state index contributed by atoms with van der Waals surface area (Å²) in [5, 5.41) is 3.53. The number of piperidine rings is 2. The van der Waals surface area contributed by atoms with Crippen LogP contribution in [-0.2, 0) is 27.3 Å². The number of aromatic amines is 1. The largest absolute Gasteiger partial charge is 0.496 e. The van der Waals surface area contributed by atoms with Gasteiger partial charge < -0.3 is 33.9 Å². The van der Waals surface area contributed by atoms with Crippen LogP contribution in [0.25, 0.3) is 10.9 Å². The topological polar surface area (TPSA) is 123 Å². The van der Waals surface area contributed by atoms with Crippen molar-refractivity contribution in [3.8, 4) is 11.5 Å². The van der Waals surface area contributed by atoms with Gasteiger partial charge in [-0.25, -0.2) is 8.78 Å². The average molecular weight is 864 g/mol. The number of nitrogens with zero attached hydrogens (tertiary/aromatic N) is 5. The number of carbonyl (C=O) groups is 3. The maximum atomic E-state index is 14.1. The summed E-state index contributed by atoms with van der Waals surface area (Å²) in [7, 11) is 1.67. The van der Waals surface area contributed by atoms with Crippen molar-refractivity contribution < 1.29 is 37.4 Å². The quantitative estimate of drug-likeness (QED) is 0.220. The minimum Gasteiger partial charge on any atom is -0.496 e. The third-order valence-electron chi connectivity index (χ3n) is 15.2. The summed E-state index contributed by atoms with van der Waals surface area (Å²) in [6, 6.07) is 17.4. The van der Waals surface area contributed by atoms with E-state index < -0.39 is 18.4 Å². The number of rotatable bonds is 8. The fourth-order valence-corrected chi connectivity index (χ4v) is 12.1. The molecular weight excluding hydrogens is 809 g/mol. The van der Waals surface area contributed by atoms with Gasteiger partial charge in [-0.05, 0) is 74.8 Å². The third kappa shape index (κ3) is 7.01. The van der Waals surface area contributed by atoms with Crippen molar-refractivity contribution in [1.82, 2.24) is 25.0 Å². The minimum atomic E-state index is -2.46. The highest BCUT2D eigenvalue weighted by Gasteiger charge is 2.46. The van der Waals surface area contributed by atoms with Gasteiger partial charge in [-0.1, -0.05) is 24.3 Å². The Labute approximate surface area is 365 Å². The third-order valence-corrected chi connectivity index (χ3v) is 15.2. The van der Waals surface area contributed by atoms with Crippen LogP contribution in [0.15, 0.2) is 54.6 Å². The normalized spacial score (nSPS) is 27.1. The van der Waals surface area contributed by atoms with Crippen LogP contribution in [0.3, 0.4) is 0 Å². The Morgan fingerprint density at radius 1 is 0.968 bits per heavy atom. The summed E-state index contributed by atoms with van der Waals surface area (Å²) in [5.41, 5.74) is 7.41. The summed E-state index contributed by atoms with van der Waals surface area (Å²) in [6.07, 6.45) is 1.69. The first-order valence-corrected chi connectivity index (χ1v) is 22.7. The molecule has 2 N–H and O–H groups in total. The maximum Gasteiger partial charge on any atom is 0.255 e. The van der Waals surface area contributed by atoms with Gasteiger partial charge in [-0.2, -0.15) is 0 Å². The van der Waals surface area contributed by atoms with Crippen LogP contribution < -0.4 is 24.6 Å². The molecule has 0 saturated carbocycles. The van der Waals surface area contributed by atoms with Crippen molar-refractivity contribution in [3.63, 3.8) is 0 Å². The number of hydrogen-bond acceptors (Lipinski definition) is 10. The van der Waals surface area contributed by atoms with Gasteiger partial charge in [-0.15, -0.1) is 0 Å². The number of hydrogen-bond donors (Lipinski definition) is 2. The molecule has 7 aliphatic rings. The molecule has 7 aliphatic heterocycles. The SMILES string of the molecule is COc1cc(N2CCC3(CC2)CC(CN2CCN4c5ccc6c(c5OC[C@H]4C2)CN([C@H]2CCC(=O)NC2=O)C6=O)CO3)ccc1[C@@H]1c2[nH]c3ccccc3c2C[C@@H](C)N1CC(F)F. The molecule has 5 atom stereocenters. The number of amides is 3. The molecule has 11 rings (SSSR count). The van der Waals surface area contributed by atoms with Gasteiger partial charge in [0.05, 0.1) is 50.2 Å². The van der Waals surface area contributed by atoms with Crippen LogP contribution in [0.2, 0.25) is 0 Å². The molecule has 4 saturated heterocycles. The fraction of sp³-hybridized carbons (Fsp3) is 0.521. The van der Waals surface area contributed by atoms with Crippen LogP contribution in [-0.4, -0.2) is 134 Å². The summed E-state index contributed by atoms with van der Waals surface area (Å²) >= 11 is 0. The first-order valence-electron chi connectivity index (χ1n) is 22.7. The van der Waals surface area contributed by atoms with E-state index in [0.29, 0.717) is 43.2 Å². The van der Waals surface area contributed by atoms with E-state index >= 15 is 0 Å². The molecule has 63 heavy (non-hydrogen) atoms. The lowest BCUT2D eigenvalue weighted by molar-refractivity contribution is -0.136. The number of anilines is 2. The molecule has 3 aromatic carbocycles. The van der Waals surface area contributed by atoms with E-state index in [1.807, 2.05) is 36.1 Å². The van der Waals surface area contributed by atoms with Crippen molar-refractivity contribution in [3.05, 3.63) is 82.5 Å². The number of aromatic nitrogens is 1. The molecule has 0 radical (unpaired) electrons. The molecule has 4 fully saturated rings. The highest BCUT2D eigenvalue weighted by Crippen LogP contribution is 2.47. The second-order valence-corrected chi connectivity index (χ2v) is 18.8. The van der Waals surface area contributed by atoms with Gasteiger partial charge in [0.15, 0.2) is 0 Å². The summed E-state index contributed by atoms with van der Waals surface area (Å²) < 4.78 is 47.4. The standard InChI is InChI=1S/C48H55F2N7O6/c1-28-19-35-32-5-3-4-6-37(32)51-43(35)44(56(28)25-41(49)50)34-8-7-30(20-40(34)61-2)54-15-13-48(14-16-54)21-29(26-63-48)22-53-17-18-55-31(23-53)27-62-45-36-24-57(39-11-12-42(58)52-46(39)59)47(60)33(36)9-10-38(45)55/h3-10,20,28-29,31,39,41,44,51H,11-19,21-27H2,1-2H3,(H,52,58,59)/t28-,29?,31-,39+,44-/m1/s1. The number of fused-ring (bicyclic) bond motifs is 8. The number of piperazine rings is 1. The molecule has 3 amide bonds. The predicted molar refractivity (Wildman–Crippen MR) is 233 cm³/mol. The number of imide groups is 1. The summed E-state index contributed by atoms with van der Waals surface area (Å²) in [4.78, 5) is 52.3. The Kier molecular flexibility index (Phi) is 10.1. The number of para-hydroxylation sites is 1. The van der Waals surface area contributed by atoms with Crippen molar-refractivity contribution in [2.75, 3.05) is 75.9 Å². The Balaban J connectivity index is 0.721. The van der Waals surface area contributed by atoms with Crippen molar-refractivity contribution in [2.24, 2.45) is 5.92 Å². The Morgan fingerprint density at radius 2 is 1.81 bits per heavy atom. The van der Waals surface area contributed by atoms with Gasteiger partial charge in [0.1, 0.15) is 24.1 Å². The van der Waals surface area contributed by atoms with Crippen LogP contribution in [0.1, 0.15) is 77.8 Å². The number of nitrogens with one attached hydrogen (secondary N) is 2. The molecule has 8 heterocycles. The molecule has 0 aliphatic carbocycles. The number of halogens is 2. The number of ether oxygens (including phenoxy) is 3. The Hall–Kier alpha value is -5.25. The maximum absolute atomic E-state index is 14.1. The second kappa shape index (κ2) is 15.8. The van der Waals surface area contributed by atoms with Crippen LogP contribution in [0.4, 0.5) is 20.2 Å². The van der Waals surface area contributed by atoms with Crippen molar-refractivity contribution >= 4 is 40.0 Å². The molecule has 1 aromatic heterocycles. The zero-order chi connectivity index (χ0) is 43.1. The van der Waals surface area contributed by atoms with E-state index in [1.54, 1.807) is 12.0 Å². The van der Waals surface area contributed by atoms with Gasteiger partial charge in [-0.3, -0.25) is 29.5 Å². The average Bonchev–Trinajstić information content (AvgIpc) is 3.96. The molecule has 13 nitrogen and oxygen atoms in total. The lowest BCUT2D eigenvalue weighted by atomic mass is 9.84. The Bertz CT molecular complexity index is 2470. The monoisotopic (exact) mass is 863 g/mol. The first kappa shape index (κ1) is 40.5. The van der Waals surface area contributed by atoms with Crippen LogP contribution in [0.5, 0.6) is 11.5 Å². The van der Waals surface area contributed by atoms with Crippen molar-refractivity contribution in [2.45, 2.75) is 88.2 Å². The van der Waals surface area contributed by atoms with E-state index in [2.05, 4.69) is 55.3 Å². The molecule has 1 spiro atoms. The number of H-pyrrole nitrogens is 1. The second-order valence-electron chi connectivity index (χ2n) is 18.8. The molecule has 332 valence electrons. The molecule has 1 unspecified atom stereocenters. The highest BCUT2D eigenvalue weighted by molar-refractivity contribution is 6.06. The zero-order valence-electron chi connectivity index (χ0n) is 35.9. The van der Waals surface area contributed by atoms with E-state index in [-0.39, 0.29) is 48.5 Å². The fourth-order valence-electron chi connectivity index (χ4n) is 12.1. The first-order chi connectivity index (χ1) is 30.6. The summed E-state index contributed by atoms with van der Waals surface area (Å²) in [6.45, 7) is 8.65. The van der Waals surface area contributed by atoms with Crippen LogP contribution in [0, 0.1) is 5.92 Å². The highest BCUT2D eigenvalue weighted by atomic mass is 19.3. The smallest absolute Gasteiger partial charge is 0.255 e. The van der Waals surface area contributed by atoms with E-state index in [0.717, 1.165) is 110 Å². The predicted octanol–water partition coefficient (Wildman–Crippen LogP) is 5.50. The summed E-state index contributed by atoms with van der Waals surface area (Å²) in [5.74, 6) is 0.990. The lowest BCUT2D eigenvalue weighted by Gasteiger charge is -2.46. The van der Waals surface area contributed by atoms with Gasteiger partial charge in [0.25, 0.3) is 12.3 Å². The van der Waals surface area contributed by atoms with E-state index in [9.17, 15) is 23.2 Å². The molecule has 4 aromatic rings. The van der Waals surface area contributed by atoms with Gasteiger partial charge >= 0.3 is 0 Å². The van der Waals surface area contributed by atoms with Crippen molar-refractivity contribution in [1.29, 1.82) is 0 Å². The number of alkyl halides is 2.